The summed E-state index contributed by atoms with van der Waals surface area (Å²) < 4.78 is 10.5. The quantitative estimate of drug-likeness (QED) is 0.376. The van der Waals surface area contributed by atoms with E-state index in [2.05, 4.69) is 0 Å². The van der Waals surface area contributed by atoms with Crippen LogP contribution in [0.25, 0.3) is 17.0 Å². The minimum atomic E-state index is -0.518. The first kappa shape index (κ1) is 18.0. The highest BCUT2D eigenvalue weighted by Crippen LogP contribution is 2.22. The molecule has 0 aliphatic heterocycles. The fourth-order valence-corrected chi connectivity index (χ4v) is 2.77. The van der Waals surface area contributed by atoms with E-state index in [0.29, 0.717) is 16.2 Å². The lowest BCUT2D eigenvalue weighted by molar-refractivity contribution is -0.138. The van der Waals surface area contributed by atoms with Gasteiger partial charge in [-0.2, -0.15) is 0 Å². The second-order valence-electron chi connectivity index (χ2n) is 5.99. The predicted molar refractivity (Wildman–Crippen MR) is 102 cm³/mol. The smallest absolute Gasteiger partial charge is 0.336 e. The Morgan fingerprint density at radius 3 is 2.65 bits per heavy atom. The number of fused-ring (bicyclic) bond motifs is 1. The van der Waals surface area contributed by atoms with Gasteiger partial charge in [0, 0.05) is 28.1 Å². The zero-order chi connectivity index (χ0) is 18.7. The maximum atomic E-state index is 12.0. The fraction of sp³-hybridized carbons (Fsp3) is 0.143. The van der Waals surface area contributed by atoms with Gasteiger partial charge in [-0.15, -0.1) is 0 Å². The molecule has 0 spiro atoms. The van der Waals surface area contributed by atoms with Crippen molar-refractivity contribution in [2.24, 2.45) is 0 Å². The summed E-state index contributed by atoms with van der Waals surface area (Å²) in [6, 6.07) is 12.3. The minimum absolute atomic E-state index is 0.0176. The van der Waals surface area contributed by atoms with Crippen LogP contribution >= 0.6 is 11.6 Å². The summed E-state index contributed by atoms with van der Waals surface area (Å²) in [4.78, 5) is 23.7. The van der Waals surface area contributed by atoms with Crippen molar-refractivity contribution in [3.05, 3.63) is 86.2 Å². The molecule has 0 saturated heterocycles. The number of hydrogen-bond donors (Lipinski definition) is 0. The standard InChI is InChI=1S/C21H17ClO4/c1-13-9-17-16(11-21(24)26-19(17)10-14(13)2)12-25-20(23)8-7-15-5-3-4-6-18(15)22/h3-11H,12H2,1-2H3/b8-7+. The van der Waals surface area contributed by atoms with Crippen LogP contribution in [0.1, 0.15) is 22.3 Å². The summed E-state index contributed by atoms with van der Waals surface area (Å²) >= 11 is 6.04. The number of aryl methyl sites for hydroxylation is 2. The average Bonchev–Trinajstić information content (AvgIpc) is 2.60. The largest absolute Gasteiger partial charge is 0.458 e. The van der Waals surface area contributed by atoms with Gasteiger partial charge in [0.15, 0.2) is 0 Å². The van der Waals surface area contributed by atoms with E-state index in [1.165, 1.54) is 12.1 Å². The van der Waals surface area contributed by atoms with E-state index in [1.807, 2.05) is 38.1 Å². The number of ether oxygens (including phenoxy) is 1. The number of esters is 1. The number of carbonyl (C=O) groups excluding carboxylic acids is 1. The fourth-order valence-electron chi connectivity index (χ4n) is 2.57. The molecule has 0 aliphatic rings. The van der Waals surface area contributed by atoms with Crippen molar-refractivity contribution in [3.8, 4) is 0 Å². The number of rotatable bonds is 4. The van der Waals surface area contributed by atoms with E-state index in [4.69, 9.17) is 20.8 Å². The van der Waals surface area contributed by atoms with E-state index in [9.17, 15) is 9.59 Å². The molecule has 3 aromatic rings. The molecule has 0 aliphatic carbocycles. The summed E-state index contributed by atoms with van der Waals surface area (Å²) in [5.41, 5.74) is 3.44. The Bertz CT molecular complexity index is 1060. The van der Waals surface area contributed by atoms with E-state index >= 15 is 0 Å². The highest BCUT2D eigenvalue weighted by Gasteiger charge is 2.09. The molecule has 5 heteroatoms. The number of halogens is 1. The zero-order valence-electron chi connectivity index (χ0n) is 14.4. The third-order valence-electron chi connectivity index (χ3n) is 4.12. The molecular weight excluding hydrogens is 352 g/mol. The molecule has 4 nitrogen and oxygen atoms in total. The molecule has 1 heterocycles. The zero-order valence-corrected chi connectivity index (χ0v) is 15.2. The van der Waals surface area contributed by atoms with Gasteiger partial charge in [-0.3, -0.25) is 0 Å². The molecule has 0 N–H and O–H groups in total. The van der Waals surface area contributed by atoms with Crippen molar-refractivity contribution >= 4 is 34.6 Å². The summed E-state index contributed by atoms with van der Waals surface area (Å²) in [6.07, 6.45) is 2.90. The lowest BCUT2D eigenvalue weighted by Crippen LogP contribution is -2.06. The van der Waals surface area contributed by atoms with Crippen LogP contribution in [0, 0.1) is 13.8 Å². The number of hydrogen-bond acceptors (Lipinski definition) is 4. The third kappa shape index (κ3) is 4.03. The van der Waals surface area contributed by atoms with Crippen LogP contribution in [-0.2, 0) is 16.1 Å². The summed E-state index contributed by atoms with van der Waals surface area (Å²) in [5, 5.41) is 1.31. The van der Waals surface area contributed by atoms with Crippen LogP contribution in [0.3, 0.4) is 0 Å². The van der Waals surface area contributed by atoms with E-state index in [1.54, 1.807) is 18.2 Å². The molecule has 132 valence electrons. The Morgan fingerprint density at radius 1 is 1.15 bits per heavy atom. The molecule has 0 fully saturated rings. The maximum Gasteiger partial charge on any atom is 0.336 e. The highest BCUT2D eigenvalue weighted by atomic mass is 35.5. The van der Waals surface area contributed by atoms with Gasteiger partial charge in [0.05, 0.1) is 0 Å². The Balaban J connectivity index is 1.79. The van der Waals surface area contributed by atoms with Crippen LogP contribution in [0.5, 0.6) is 0 Å². The van der Waals surface area contributed by atoms with Crippen molar-refractivity contribution in [3.63, 3.8) is 0 Å². The second-order valence-corrected chi connectivity index (χ2v) is 6.39. The Labute approximate surface area is 155 Å². The van der Waals surface area contributed by atoms with Crippen LogP contribution in [0.15, 0.2) is 57.8 Å². The molecule has 3 rings (SSSR count). The average molecular weight is 369 g/mol. The first-order valence-electron chi connectivity index (χ1n) is 8.07. The number of benzene rings is 2. The molecule has 0 bridgehead atoms. The van der Waals surface area contributed by atoms with Crippen LogP contribution in [0.4, 0.5) is 0 Å². The van der Waals surface area contributed by atoms with E-state index in [-0.39, 0.29) is 6.61 Å². The van der Waals surface area contributed by atoms with E-state index in [0.717, 1.165) is 22.1 Å². The lowest BCUT2D eigenvalue weighted by Gasteiger charge is -2.08. The van der Waals surface area contributed by atoms with Crippen molar-refractivity contribution in [2.45, 2.75) is 20.5 Å². The summed E-state index contributed by atoms with van der Waals surface area (Å²) in [7, 11) is 0. The molecule has 0 radical (unpaired) electrons. The maximum absolute atomic E-state index is 12.0. The molecule has 26 heavy (non-hydrogen) atoms. The van der Waals surface area contributed by atoms with Gasteiger partial charge in [0.2, 0.25) is 0 Å². The van der Waals surface area contributed by atoms with Crippen molar-refractivity contribution < 1.29 is 13.9 Å². The van der Waals surface area contributed by atoms with Gasteiger partial charge in [0.1, 0.15) is 12.2 Å². The van der Waals surface area contributed by atoms with Crippen molar-refractivity contribution in [1.82, 2.24) is 0 Å². The van der Waals surface area contributed by atoms with Crippen molar-refractivity contribution in [2.75, 3.05) is 0 Å². The molecule has 0 amide bonds. The Kier molecular flexibility index (Phi) is 5.24. The minimum Gasteiger partial charge on any atom is -0.458 e. The summed E-state index contributed by atoms with van der Waals surface area (Å²) in [6.45, 7) is 3.90. The molecule has 0 unspecified atom stereocenters. The SMILES string of the molecule is Cc1cc2oc(=O)cc(COC(=O)/C=C/c3ccccc3Cl)c2cc1C. The lowest BCUT2D eigenvalue weighted by atomic mass is 10.0. The molecular formula is C21H17ClO4. The predicted octanol–water partition coefficient (Wildman–Crippen LogP) is 4.82. The topological polar surface area (TPSA) is 56.5 Å². The molecule has 0 saturated carbocycles. The Hall–Kier alpha value is -2.85. The van der Waals surface area contributed by atoms with Gasteiger partial charge in [-0.1, -0.05) is 29.8 Å². The first-order chi connectivity index (χ1) is 12.4. The highest BCUT2D eigenvalue weighted by molar-refractivity contribution is 6.32. The molecule has 1 aromatic heterocycles. The van der Waals surface area contributed by atoms with Gasteiger partial charge in [-0.25, -0.2) is 9.59 Å². The third-order valence-corrected chi connectivity index (χ3v) is 4.46. The van der Waals surface area contributed by atoms with Crippen molar-refractivity contribution in [1.29, 1.82) is 0 Å². The van der Waals surface area contributed by atoms with Gasteiger partial charge in [0.25, 0.3) is 0 Å². The normalized spacial score (nSPS) is 11.2. The Morgan fingerprint density at radius 2 is 1.88 bits per heavy atom. The van der Waals surface area contributed by atoms with Crippen LogP contribution in [0.2, 0.25) is 5.02 Å². The number of carbonyl (C=O) groups is 1. The first-order valence-corrected chi connectivity index (χ1v) is 8.45. The second kappa shape index (κ2) is 7.58. The van der Waals surface area contributed by atoms with E-state index < -0.39 is 11.6 Å². The molecule has 0 atom stereocenters. The van der Waals surface area contributed by atoms with Gasteiger partial charge in [-0.05, 0) is 54.8 Å². The van der Waals surface area contributed by atoms with Crippen LogP contribution in [-0.4, -0.2) is 5.97 Å². The monoisotopic (exact) mass is 368 g/mol. The molecule has 2 aromatic carbocycles. The summed E-state index contributed by atoms with van der Waals surface area (Å²) in [5.74, 6) is -0.518. The van der Waals surface area contributed by atoms with Gasteiger partial charge >= 0.3 is 11.6 Å². The van der Waals surface area contributed by atoms with Gasteiger partial charge < -0.3 is 9.15 Å². The van der Waals surface area contributed by atoms with Crippen LogP contribution < -0.4 is 5.63 Å².